The van der Waals surface area contributed by atoms with Crippen molar-refractivity contribution in [1.82, 2.24) is 4.98 Å². The maximum atomic E-state index is 11.8. The fourth-order valence-electron chi connectivity index (χ4n) is 1.82. The molecule has 1 atom stereocenters. The van der Waals surface area contributed by atoms with Crippen molar-refractivity contribution in [1.29, 1.82) is 0 Å². The topological polar surface area (TPSA) is 98.7 Å². The predicted molar refractivity (Wildman–Crippen MR) is 72.6 cm³/mol. The largest absolute Gasteiger partial charge is 0.544 e. The van der Waals surface area contributed by atoms with E-state index in [4.69, 9.17) is 0 Å². The first kappa shape index (κ1) is 16.1. The predicted octanol–water partition coefficient (Wildman–Crippen LogP) is -0.718. The number of pyridine rings is 1. The normalized spacial score (nSPS) is 11.8. The van der Waals surface area contributed by atoms with Gasteiger partial charge in [-0.3, -0.25) is 9.78 Å². The van der Waals surface area contributed by atoms with Gasteiger partial charge in [0.1, 0.15) is 6.04 Å². The Hall–Kier alpha value is -1.95. The van der Waals surface area contributed by atoms with Gasteiger partial charge in [0.2, 0.25) is 5.91 Å². The highest BCUT2D eigenvalue weighted by Gasteiger charge is 2.17. The third-order valence-corrected chi connectivity index (χ3v) is 2.91. The maximum absolute atomic E-state index is 11.8. The molecule has 0 aromatic carbocycles. The summed E-state index contributed by atoms with van der Waals surface area (Å²) in [6, 6.07) is 2.55. The van der Waals surface area contributed by atoms with Crippen LogP contribution in [0.4, 0.5) is 5.69 Å². The van der Waals surface area contributed by atoms with Gasteiger partial charge in [0, 0.05) is 6.20 Å². The molecule has 1 amide bonds. The Morgan fingerprint density at radius 3 is 2.85 bits per heavy atom. The van der Waals surface area contributed by atoms with Crippen LogP contribution in [0, 0.1) is 0 Å². The van der Waals surface area contributed by atoms with Gasteiger partial charge in [-0.15, -0.1) is 0 Å². The first-order chi connectivity index (χ1) is 9.63. The van der Waals surface area contributed by atoms with E-state index in [0.717, 1.165) is 19.3 Å². The standard InChI is InChI=1S/C14H21N3O3/c1-2-3-4-8-16-12(14(19)20)9-13(18)17-11-6-5-7-15-10-11/h5-7,10,12,16H,2-4,8-9H2,1H3,(H,17,18)(H,19,20)/t12-/m1/s1. The summed E-state index contributed by atoms with van der Waals surface area (Å²) in [7, 11) is 0. The zero-order valence-corrected chi connectivity index (χ0v) is 11.7. The number of nitrogens with two attached hydrogens (primary N) is 1. The van der Waals surface area contributed by atoms with Crippen LogP contribution in [0.5, 0.6) is 0 Å². The summed E-state index contributed by atoms with van der Waals surface area (Å²) in [5, 5.41) is 15.3. The Labute approximate surface area is 118 Å². The second kappa shape index (κ2) is 9.03. The third kappa shape index (κ3) is 6.29. The molecule has 0 unspecified atom stereocenters. The molecular weight excluding hydrogens is 258 g/mol. The number of rotatable bonds is 9. The van der Waals surface area contributed by atoms with Gasteiger partial charge in [-0.05, 0) is 25.0 Å². The molecule has 3 N–H and O–H groups in total. The zero-order valence-electron chi connectivity index (χ0n) is 11.7. The van der Waals surface area contributed by atoms with E-state index in [1.54, 1.807) is 23.6 Å². The van der Waals surface area contributed by atoms with E-state index < -0.39 is 12.0 Å². The average Bonchev–Trinajstić information content (AvgIpc) is 2.43. The minimum atomic E-state index is -1.21. The van der Waals surface area contributed by atoms with Gasteiger partial charge in [-0.1, -0.05) is 13.3 Å². The summed E-state index contributed by atoms with van der Waals surface area (Å²) in [6.45, 7) is 2.77. The number of aromatic nitrogens is 1. The molecule has 0 aliphatic carbocycles. The first-order valence-electron chi connectivity index (χ1n) is 6.87. The molecular formula is C14H21N3O3. The van der Waals surface area contributed by atoms with Crippen molar-refractivity contribution in [3.05, 3.63) is 24.5 Å². The summed E-state index contributed by atoms with van der Waals surface area (Å²) < 4.78 is 0. The van der Waals surface area contributed by atoms with Gasteiger partial charge in [0.15, 0.2) is 0 Å². The van der Waals surface area contributed by atoms with E-state index in [0.29, 0.717) is 12.2 Å². The first-order valence-corrected chi connectivity index (χ1v) is 6.87. The number of unbranched alkanes of at least 4 members (excludes halogenated alkanes) is 2. The Morgan fingerprint density at radius 2 is 2.25 bits per heavy atom. The lowest BCUT2D eigenvalue weighted by atomic mass is 10.1. The Balaban J connectivity index is 2.40. The average molecular weight is 279 g/mol. The number of carboxylic acids is 1. The molecule has 6 heteroatoms. The molecule has 1 heterocycles. The molecule has 0 fully saturated rings. The SMILES string of the molecule is CCCCC[NH2+][C@H](CC(=O)Nc1cccnc1)C(=O)[O-]. The number of quaternary nitrogens is 1. The smallest absolute Gasteiger partial charge is 0.230 e. The van der Waals surface area contributed by atoms with Crippen molar-refractivity contribution in [2.75, 3.05) is 11.9 Å². The molecule has 1 aromatic heterocycles. The number of nitrogens with zero attached hydrogens (tertiary/aromatic N) is 1. The number of anilines is 1. The minimum Gasteiger partial charge on any atom is -0.544 e. The molecule has 0 saturated heterocycles. The van der Waals surface area contributed by atoms with E-state index in [2.05, 4.69) is 17.2 Å². The van der Waals surface area contributed by atoms with Crippen LogP contribution in [0.15, 0.2) is 24.5 Å². The van der Waals surface area contributed by atoms with Crippen molar-refractivity contribution in [2.45, 2.75) is 38.6 Å². The van der Waals surface area contributed by atoms with Gasteiger partial charge in [0.25, 0.3) is 0 Å². The molecule has 0 spiro atoms. The molecule has 0 bridgehead atoms. The number of aliphatic carboxylic acids is 1. The summed E-state index contributed by atoms with van der Waals surface area (Å²) in [4.78, 5) is 26.7. The van der Waals surface area contributed by atoms with Crippen molar-refractivity contribution >= 4 is 17.6 Å². The van der Waals surface area contributed by atoms with Crippen LogP contribution in [0.1, 0.15) is 32.6 Å². The van der Waals surface area contributed by atoms with Crippen LogP contribution < -0.4 is 15.7 Å². The number of amides is 1. The molecule has 20 heavy (non-hydrogen) atoms. The Morgan fingerprint density at radius 1 is 1.45 bits per heavy atom. The fraction of sp³-hybridized carbons (Fsp3) is 0.500. The van der Waals surface area contributed by atoms with E-state index in [9.17, 15) is 14.7 Å². The summed E-state index contributed by atoms with van der Waals surface area (Å²) >= 11 is 0. The molecule has 1 rings (SSSR count). The van der Waals surface area contributed by atoms with E-state index >= 15 is 0 Å². The maximum Gasteiger partial charge on any atom is 0.230 e. The van der Waals surface area contributed by atoms with Gasteiger partial charge >= 0.3 is 0 Å². The highest BCUT2D eigenvalue weighted by molar-refractivity contribution is 5.93. The molecule has 0 radical (unpaired) electrons. The quantitative estimate of drug-likeness (QED) is 0.583. The third-order valence-electron chi connectivity index (χ3n) is 2.91. The second-order valence-corrected chi connectivity index (χ2v) is 4.65. The monoisotopic (exact) mass is 279 g/mol. The number of carbonyl (C=O) groups excluding carboxylic acids is 2. The van der Waals surface area contributed by atoms with Crippen LogP contribution >= 0.6 is 0 Å². The van der Waals surface area contributed by atoms with Crippen molar-refractivity contribution in [3.8, 4) is 0 Å². The van der Waals surface area contributed by atoms with Gasteiger partial charge in [-0.2, -0.15) is 0 Å². The molecule has 0 aliphatic heterocycles. The van der Waals surface area contributed by atoms with Crippen molar-refractivity contribution in [2.24, 2.45) is 0 Å². The van der Waals surface area contributed by atoms with Crippen LogP contribution in [0.3, 0.4) is 0 Å². The lowest BCUT2D eigenvalue weighted by Gasteiger charge is -2.16. The lowest BCUT2D eigenvalue weighted by molar-refractivity contribution is -0.682. The molecule has 0 saturated carbocycles. The number of nitrogens with one attached hydrogen (secondary N) is 1. The van der Waals surface area contributed by atoms with Crippen LogP contribution in [-0.2, 0) is 9.59 Å². The Bertz CT molecular complexity index is 423. The van der Waals surface area contributed by atoms with Gasteiger partial charge in [-0.25, -0.2) is 0 Å². The fourth-order valence-corrected chi connectivity index (χ4v) is 1.82. The van der Waals surface area contributed by atoms with Crippen LogP contribution in [0.25, 0.3) is 0 Å². The zero-order chi connectivity index (χ0) is 14.8. The van der Waals surface area contributed by atoms with Gasteiger partial charge < -0.3 is 20.5 Å². The molecule has 110 valence electrons. The van der Waals surface area contributed by atoms with E-state index in [1.807, 2.05) is 0 Å². The summed E-state index contributed by atoms with van der Waals surface area (Å²) in [6.07, 6.45) is 6.06. The lowest BCUT2D eigenvalue weighted by Crippen LogP contribution is -2.93. The second-order valence-electron chi connectivity index (χ2n) is 4.65. The molecule has 1 aromatic rings. The highest BCUT2D eigenvalue weighted by atomic mass is 16.4. The van der Waals surface area contributed by atoms with Crippen LogP contribution in [0.2, 0.25) is 0 Å². The Kier molecular flexibility index (Phi) is 7.27. The number of carboxylic acid groups (broad SMARTS) is 1. The number of hydrogen-bond acceptors (Lipinski definition) is 4. The minimum absolute atomic E-state index is 0.108. The van der Waals surface area contributed by atoms with E-state index in [1.165, 1.54) is 6.20 Å². The van der Waals surface area contributed by atoms with E-state index in [-0.39, 0.29) is 12.3 Å². The molecule has 0 aliphatic rings. The highest BCUT2D eigenvalue weighted by Crippen LogP contribution is 2.03. The van der Waals surface area contributed by atoms with Gasteiger partial charge in [0.05, 0.1) is 30.8 Å². The van der Waals surface area contributed by atoms with Crippen molar-refractivity contribution in [3.63, 3.8) is 0 Å². The number of hydrogen-bond donors (Lipinski definition) is 2. The van der Waals surface area contributed by atoms with Crippen LogP contribution in [-0.4, -0.2) is 29.4 Å². The van der Waals surface area contributed by atoms with Crippen molar-refractivity contribution < 1.29 is 20.0 Å². The summed E-state index contributed by atoms with van der Waals surface area (Å²) in [5.74, 6) is -1.55. The summed E-state index contributed by atoms with van der Waals surface area (Å²) in [5.41, 5.74) is 0.556. The molecule has 6 nitrogen and oxygen atoms in total. The number of carbonyl (C=O) groups is 2.